The standard InChI is InChI=1S/C12H23N5O2/c1-4-14-11-10(13)12(16-9-15-11)17(5-7-18-2)6-8-19-3/h9H,4-8,13H2,1-3H3,(H,14,15,16). The van der Waals surface area contributed by atoms with Crippen LogP contribution in [0.25, 0.3) is 0 Å². The maximum absolute atomic E-state index is 6.10. The molecule has 0 aliphatic carbocycles. The second-order valence-corrected chi connectivity index (χ2v) is 3.96. The fourth-order valence-electron chi connectivity index (χ4n) is 1.67. The second-order valence-electron chi connectivity index (χ2n) is 3.96. The first-order chi connectivity index (χ1) is 9.24. The molecule has 108 valence electrons. The van der Waals surface area contributed by atoms with Crippen LogP contribution in [-0.2, 0) is 9.47 Å². The van der Waals surface area contributed by atoms with Crippen molar-refractivity contribution in [3.05, 3.63) is 6.33 Å². The van der Waals surface area contributed by atoms with Crippen molar-refractivity contribution in [3.63, 3.8) is 0 Å². The lowest BCUT2D eigenvalue weighted by Gasteiger charge is -2.24. The van der Waals surface area contributed by atoms with Crippen LogP contribution in [-0.4, -0.2) is 57.0 Å². The molecule has 0 atom stereocenters. The van der Waals surface area contributed by atoms with Gasteiger partial charge in [0.2, 0.25) is 0 Å². The second kappa shape index (κ2) is 8.49. The summed E-state index contributed by atoms with van der Waals surface area (Å²) >= 11 is 0. The Morgan fingerprint density at radius 3 is 2.37 bits per heavy atom. The van der Waals surface area contributed by atoms with Gasteiger partial charge in [-0.15, -0.1) is 0 Å². The summed E-state index contributed by atoms with van der Waals surface area (Å²) in [5, 5.41) is 3.12. The van der Waals surface area contributed by atoms with Crippen LogP contribution >= 0.6 is 0 Å². The highest BCUT2D eigenvalue weighted by Crippen LogP contribution is 2.25. The fraction of sp³-hybridized carbons (Fsp3) is 0.667. The predicted molar refractivity (Wildman–Crippen MR) is 76.6 cm³/mol. The van der Waals surface area contributed by atoms with E-state index in [1.54, 1.807) is 14.2 Å². The van der Waals surface area contributed by atoms with Gasteiger partial charge >= 0.3 is 0 Å². The topological polar surface area (TPSA) is 85.5 Å². The summed E-state index contributed by atoms with van der Waals surface area (Å²) in [6.45, 7) is 5.36. The summed E-state index contributed by atoms with van der Waals surface area (Å²) in [6, 6.07) is 0. The Hall–Kier alpha value is -1.60. The molecule has 1 rings (SSSR count). The number of methoxy groups -OCH3 is 2. The molecule has 3 N–H and O–H groups in total. The Labute approximate surface area is 114 Å². The van der Waals surface area contributed by atoms with Gasteiger partial charge in [0, 0.05) is 33.9 Å². The zero-order valence-electron chi connectivity index (χ0n) is 11.8. The van der Waals surface area contributed by atoms with Gasteiger partial charge in [0.1, 0.15) is 12.0 Å². The monoisotopic (exact) mass is 269 g/mol. The molecule has 7 heteroatoms. The molecule has 0 unspecified atom stereocenters. The van der Waals surface area contributed by atoms with Gasteiger partial charge in [-0.05, 0) is 6.92 Å². The Kier molecular flexibility index (Phi) is 6.91. The molecule has 0 saturated carbocycles. The molecule has 0 saturated heterocycles. The molecule has 0 radical (unpaired) electrons. The Balaban J connectivity index is 2.89. The Morgan fingerprint density at radius 1 is 1.21 bits per heavy atom. The first-order valence-corrected chi connectivity index (χ1v) is 6.31. The highest BCUT2D eigenvalue weighted by molar-refractivity contribution is 5.74. The smallest absolute Gasteiger partial charge is 0.157 e. The van der Waals surface area contributed by atoms with E-state index in [1.807, 2.05) is 11.8 Å². The highest BCUT2D eigenvalue weighted by Gasteiger charge is 2.14. The molecule has 7 nitrogen and oxygen atoms in total. The molecular weight excluding hydrogens is 246 g/mol. The number of nitrogens with zero attached hydrogens (tertiary/aromatic N) is 3. The molecule has 0 aliphatic rings. The van der Waals surface area contributed by atoms with Crippen molar-refractivity contribution in [3.8, 4) is 0 Å². The number of anilines is 3. The Morgan fingerprint density at radius 2 is 1.84 bits per heavy atom. The van der Waals surface area contributed by atoms with Crippen LogP contribution < -0.4 is 16.0 Å². The minimum atomic E-state index is 0.552. The van der Waals surface area contributed by atoms with Crippen LogP contribution in [0.2, 0.25) is 0 Å². The average molecular weight is 269 g/mol. The number of hydrogen-bond donors (Lipinski definition) is 2. The van der Waals surface area contributed by atoms with Gasteiger partial charge in [-0.2, -0.15) is 0 Å². The molecular formula is C12H23N5O2. The number of nitrogen functional groups attached to an aromatic ring is 1. The van der Waals surface area contributed by atoms with Gasteiger partial charge in [0.25, 0.3) is 0 Å². The number of nitrogens with one attached hydrogen (secondary N) is 1. The van der Waals surface area contributed by atoms with Crippen LogP contribution in [0.4, 0.5) is 17.3 Å². The lowest BCUT2D eigenvalue weighted by atomic mass is 10.3. The summed E-state index contributed by atoms with van der Waals surface area (Å²) in [5.41, 5.74) is 6.66. The van der Waals surface area contributed by atoms with Crippen LogP contribution in [0.5, 0.6) is 0 Å². The SMILES string of the molecule is CCNc1ncnc(N(CCOC)CCOC)c1N. The lowest BCUT2D eigenvalue weighted by molar-refractivity contribution is 0.190. The molecule has 0 aromatic carbocycles. The van der Waals surface area contributed by atoms with E-state index < -0.39 is 0 Å². The van der Waals surface area contributed by atoms with Crippen LogP contribution in [0.1, 0.15) is 6.92 Å². The normalized spacial score (nSPS) is 10.5. The van der Waals surface area contributed by atoms with Crippen LogP contribution in [0, 0.1) is 0 Å². The summed E-state index contributed by atoms with van der Waals surface area (Å²) < 4.78 is 10.2. The summed E-state index contributed by atoms with van der Waals surface area (Å²) in [4.78, 5) is 10.4. The molecule has 0 spiro atoms. The molecule has 0 fully saturated rings. The lowest BCUT2D eigenvalue weighted by Crippen LogP contribution is -2.32. The first kappa shape index (κ1) is 15.5. The molecule has 0 aliphatic heterocycles. The summed E-state index contributed by atoms with van der Waals surface area (Å²) in [5.74, 6) is 1.37. The van der Waals surface area contributed by atoms with E-state index in [9.17, 15) is 0 Å². The number of rotatable bonds is 9. The van der Waals surface area contributed by atoms with E-state index in [2.05, 4.69) is 15.3 Å². The minimum absolute atomic E-state index is 0.552. The maximum Gasteiger partial charge on any atom is 0.157 e. The van der Waals surface area contributed by atoms with Crippen LogP contribution in [0.3, 0.4) is 0 Å². The zero-order chi connectivity index (χ0) is 14.1. The number of aromatic nitrogens is 2. The van der Waals surface area contributed by atoms with E-state index in [4.69, 9.17) is 15.2 Å². The van der Waals surface area contributed by atoms with Crippen LogP contribution in [0.15, 0.2) is 6.33 Å². The molecule has 19 heavy (non-hydrogen) atoms. The zero-order valence-corrected chi connectivity index (χ0v) is 11.8. The van der Waals surface area contributed by atoms with Crippen molar-refractivity contribution in [1.82, 2.24) is 9.97 Å². The van der Waals surface area contributed by atoms with Crippen molar-refractivity contribution in [1.29, 1.82) is 0 Å². The average Bonchev–Trinajstić information content (AvgIpc) is 2.42. The summed E-state index contributed by atoms with van der Waals surface area (Å²) in [6.07, 6.45) is 1.51. The third kappa shape index (κ3) is 4.53. The number of nitrogens with two attached hydrogens (primary N) is 1. The van der Waals surface area contributed by atoms with Gasteiger partial charge in [0.05, 0.1) is 13.2 Å². The Bertz CT molecular complexity index is 367. The first-order valence-electron chi connectivity index (χ1n) is 6.31. The minimum Gasteiger partial charge on any atom is -0.393 e. The molecule has 0 bridgehead atoms. The fourth-order valence-corrected chi connectivity index (χ4v) is 1.67. The van der Waals surface area contributed by atoms with Crippen molar-refractivity contribution < 1.29 is 9.47 Å². The van der Waals surface area contributed by atoms with Crippen molar-refractivity contribution >= 4 is 17.3 Å². The molecule has 1 aromatic heterocycles. The van der Waals surface area contributed by atoms with E-state index >= 15 is 0 Å². The number of hydrogen-bond acceptors (Lipinski definition) is 7. The summed E-state index contributed by atoms with van der Waals surface area (Å²) in [7, 11) is 3.34. The van der Waals surface area contributed by atoms with E-state index in [0.29, 0.717) is 43.6 Å². The third-order valence-electron chi connectivity index (χ3n) is 2.64. The third-order valence-corrected chi connectivity index (χ3v) is 2.64. The van der Waals surface area contributed by atoms with Gasteiger partial charge < -0.3 is 25.4 Å². The molecule has 0 amide bonds. The predicted octanol–water partition coefficient (Wildman–Crippen LogP) is 0.590. The van der Waals surface area contributed by atoms with Crippen molar-refractivity contribution in [2.75, 3.05) is 63.0 Å². The van der Waals surface area contributed by atoms with Crippen molar-refractivity contribution in [2.45, 2.75) is 6.92 Å². The van der Waals surface area contributed by atoms with Gasteiger partial charge in [0.15, 0.2) is 11.6 Å². The highest BCUT2D eigenvalue weighted by atomic mass is 16.5. The van der Waals surface area contributed by atoms with E-state index in [-0.39, 0.29) is 0 Å². The maximum atomic E-state index is 6.10. The molecule has 1 aromatic rings. The van der Waals surface area contributed by atoms with E-state index in [0.717, 1.165) is 6.54 Å². The van der Waals surface area contributed by atoms with Crippen molar-refractivity contribution in [2.24, 2.45) is 0 Å². The van der Waals surface area contributed by atoms with Gasteiger partial charge in [-0.3, -0.25) is 0 Å². The largest absolute Gasteiger partial charge is 0.393 e. The van der Waals surface area contributed by atoms with Gasteiger partial charge in [-0.1, -0.05) is 0 Å². The quantitative estimate of drug-likeness (QED) is 0.678. The van der Waals surface area contributed by atoms with E-state index in [1.165, 1.54) is 6.33 Å². The van der Waals surface area contributed by atoms with Gasteiger partial charge in [-0.25, -0.2) is 9.97 Å². The number of ether oxygens (including phenoxy) is 2. The molecule has 1 heterocycles.